The summed E-state index contributed by atoms with van der Waals surface area (Å²) in [7, 11) is 2.15. The van der Waals surface area contributed by atoms with E-state index in [1.807, 2.05) is 16.8 Å². The fraction of sp³-hybridized carbons (Fsp3) is 0.667. The number of carbonyl (C=O) groups excluding carboxylic acids is 1. The van der Waals surface area contributed by atoms with Gasteiger partial charge in [0.1, 0.15) is 5.69 Å². The van der Waals surface area contributed by atoms with Crippen LogP contribution in [0, 0.1) is 0 Å². The maximum absolute atomic E-state index is 12.3. The molecule has 1 amide bonds. The topological polar surface area (TPSA) is 40.5 Å². The van der Waals surface area contributed by atoms with Crippen LogP contribution in [0.3, 0.4) is 0 Å². The molecule has 2 rings (SSSR count). The van der Waals surface area contributed by atoms with Crippen molar-refractivity contribution in [3.63, 3.8) is 0 Å². The van der Waals surface area contributed by atoms with Gasteiger partial charge < -0.3 is 14.8 Å². The van der Waals surface area contributed by atoms with Gasteiger partial charge in [-0.1, -0.05) is 0 Å². The van der Waals surface area contributed by atoms with E-state index in [1.165, 1.54) is 0 Å². The maximum Gasteiger partial charge on any atom is 0.268 e. The molecule has 0 aliphatic carbocycles. The van der Waals surface area contributed by atoms with Crippen molar-refractivity contribution in [1.82, 2.24) is 19.7 Å². The molecule has 1 saturated heterocycles. The standard InChI is InChI=1S/C15H25BrN4O/c1-12(2)20-11-13(16)10-14(20)15(21)17-4-5-19-8-6-18(3)7-9-19/h10-12H,4-9H2,1-3H3,(H,17,21). The van der Waals surface area contributed by atoms with Gasteiger partial charge in [0.2, 0.25) is 0 Å². The number of halogens is 1. The molecule has 0 radical (unpaired) electrons. The first-order valence-corrected chi connectivity index (χ1v) is 8.33. The van der Waals surface area contributed by atoms with Crippen LogP contribution in [-0.2, 0) is 0 Å². The Morgan fingerprint density at radius 1 is 1.33 bits per heavy atom. The van der Waals surface area contributed by atoms with Gasteiger partial charge in [-0.2, -0.15) is 0 Å². The summed E-state index contributed by atoms with van der Waals surface area (Å²) in [5, 5.41) is 3.03. The summed E-state index contributed by atoms with van der Waals surface area (Å²) in [5.41, 5.74) is 0.718. The van der Waals surface area contributed by atoms with Gasteiger partial charge in [-0.25, -0.2) is 0 Å². The van der Waals surface area contributed by atoms with Crippen molar-refractivity contribution in [3.8, 4) is 0 Å². The molecule has 1 aliphatic heterocycles. The van der Waals surface area contributed by atoms with Crippen LogP contribution in [0.15, 0.2) is 16.7 Å². The minimum atomic E-state index is 0.00327. The van der Waals surface area contributed by atoms with Crippen molar-refractivity contribution in [1.29, 1.82) is 0 Å². The van der Waals surface area contributed by atoms with E-state index in [9.17, 15) is 4.79 Å². The second-order valence-corrected chi connectivity index (χ2v) is 6.86. The number of hydrogen-bond donors (Lipinski definition) is 1. The average molecular weight is 357 g/mol. The summed E-state index contributed by atoms with van der Waals surface area (Å²) in [6.07, 6.45) is 1.96. The number of aromatic nitrogens is 1. The van der Waals surface area contributed by atoms with Gasteiger partial charge in [0.05, 0.1) is 0 Å². The Kier molecular flexibility index (Phi) is 5.84. The SMILES string of the molecule is CC(C)n1cc(Br)cc1C(=O)NCCN1CCN(C)CC1. The number of rotatable bonds is 5. The fourth-order valence-electron chi connectivity index (χ4n) is 2.54. The van der Waals surface area contributed by atoms with E-state index in [-0.39, 0.29) is 11.9 Å². The number of hydrogen-bond acceptors (Lipinski definition) is 3. The quantitative estimate of drug-likeness (QED) is 0.874. The zero-order valence-electron chi connectivity index (χ0n) is 13.1. The smallest absolute Gasteiger partial charge is 0.268 e. The molecular weight excluding hydrogens is 332 g/mol. The lowest BCUT2D eigenvalue weighted by Gasteiger charge is -2.32. The third-order valence-corrected chi connectivity index (χ3v) is 4.35. The Bertz CT molecular complexity index is 478. The average Bonchev–Trinajstić information content (AvgIpc) is 2.83. The van der Waals surface area contributed by atoms with Gasteiger partial charge in [0, 0.05) is 56.0 Å². The van der Waals surface area contributed by atoms with Crippen LogP contribution < -0.4 is 5.32 Å². The molecule has 0 atom stereocenters. The summed E-state index contributed by atoms with van der Waals surface area (Å²) in [5.74, 6) is 0.00327. The van der Waals surface area contributed by atoms with E-state index in [0.29, 0.717) is 6.54 Å². The van der Waals surface area contributed by atoms with Crippen molar-refractivity contribution in [2.45, 2.75) is 19.9 Å². The lowest BCUT2D eigenvalue weighted by molar-refractivity contribution is 0.0930. The van der Waals surface area contributed by atoms with Crippen LogP contribution in [-0.4, -0.2) is 66.6 Å². The molecule has 5 nitrogen and oxygen atoms in total. The predicted molar refractivity (Wildman–Crippen MR) is 88.8 cm³/mol. The number of likely N-dealkylation sites (N-methyl/N-ethyl adjacent to an activating group) is 1. The summed E-state index contributed by atoms with van der Waals surface area (Å²) in [4.78, 5) is 17.0. The number of piperazine rings is 1. The molecule has 1 aliphatic rings. The third kappa shape index (κ3) is 4.56. The second-order valence-electron chi connectivity index (χ2n) is 5.95. The van der Waals surface area contributed by atoms with Crippen LogP contribution in [0.4, 0.5) is 0 Å². The Hall–Kier alpha value is -0.850. The molecular formula is C15H25BrN4O. The number of carbonyl (C=O) groups is 1. The van der Waals surface area contributed by atoms with E-state index in [4.69, 9.17) is 0 Å². The Balaban J connectivity index is 1.82. The maximum atomic E-state index is 12.3. The molecule has 2 heterocycles. The molecule has 118 valence electrons. The van der Waals surface area contributed by atoms with Crippen LogP contribution in [0.25, 0.3) is 0 Å². The van der Waals surface area contributed by atoms with Crippen LogP contribution in [0.2, 0.25) is 0 Å². The number of nitrogens with one attached hydrogen (secondary N) is 1. The van der Waals surface area contributed by atoms with Crippen molar-refractivity contribution < 1.29 is 4.79 Å². The Labute approximate surface area is 135 Å². The molecule has 0 saturated carbocycles. The molecule has 0 unspecified atom stereocenters. The molecule has 1 N–H and O–H groups in total. The molecule has 6 heteroatoms. The van der Waals surface area contributed by atoms with E-state index in [0.717, 1.165) is 42.9 Å². The molecule has 0 spiro atoms. The first-order valence-electron chi connectivity index (χ1n) is 7.54. The predicted octanol–water partition coefficient (Wildman–Crippen LogP) is 1.81. The molecule has 0 aromatic carbocycles. The summed E-state index contributed by atoms with van der Waals surface area (Å²) >= 11 is 3.44. The van der Waals surface area contributed by atoms with Crippen molar-refractivity contribution in [3.05, 3.63) is 22.4 Å². The van der Waals surface area contributed by atoms with Crippen LogP contribution >= 0.6 is 15.9 Å². The lowest BCUT2D eigenvalue weighted by Crippen LogP contribution is -2.47. The largest absolute Gasteiger partial charge is 0.349 e. The molecule has 1 aromatic heterocycles. The van der Waals surface area contributed by atoms with Crippen molar-refractivity contribution in [2.75, 3.05) is 46.3 Å². The van der Waals surface area contributed by atoms with E-state index in [1.54, 1.807) is 0 Å². The molecule has 1 fully saturated rings. The Morgan fingerprint density at radius 3 is 2.62 bits per heavy atom. The highest BCUT2D eigenvalue weighted by atomic mass is 79.9. The van der Waals surface area contributed by atoms with Gasteiger partial charge >= 0.3 is 0 Å². The second kappa shape index (κ2) is 7.42. The van der Waals surface area contributed by atoms with Gasteiger partial charge in [-0.3, -0.25) is 9.69 Å². The van der Waals surface area contributed by atoms with Crippen LogP contribution in [0.5, 0.6) is 0 Å². The molecule has 0 bridgehead atoms. The normalized spacial score (nSPS) is 17.4. The highest BCUT2D eigenvalue weighted by Gasteiger charge is 2.16. The third-order valence-electron chi connectivity index (χ3n) is 3.91. The van der Waals surface area contributed by atoms with Gasteiger partial charge in [0.25, 0.3) is 5.91 Å². The minimum Gasteiger partial charge on any atom is -0.349 e. The van der Waals surface area contributed by atoms with Crippen LogP contribution in [0.1, 0.15) is 30.4 Å². The zero-order valence-corrected chi connectivity index (χ0v) is 14.7. The minimum absolute atomic E-state index is 0.00327. The summed E-state index contributed by atoms with van der Waals surface area (Å²) in [6, 6.07) is 2.15. The summed E-state index contributed by atoms with van der Waals surface area (Å²) in [6.45, 7) is 10.2. The molecule has 21 heavy (non-hydrogen) atoms. The van der Waals surface area contributed by atoms with E-state index < -0.39 is 0 Å². The van der Waals surface area contributed by atoms with Crippen molar-refractivity contribution >= 4 is 21.8 Å². The zero-order chi connectivity index (χ0) is 15.4. The monoisotopic (exact) mass is 356 g/mol. The Morgan fingerprint density at radius 2 is 2.00 bits per heavy atom. The highest BCUT2D eigenvalue weighted by molar-refractivity contribution is 9.10. The fourth-order valence-corrected chi connectivity index (χ4v) is 2.98. The molecule has 1 aromatic rings. The van der Waals surface area contributed by atoms with Crippen molar-refractivity contribution in [2.24, 2.45) is 0 Å². The van der Waals surface area contributed by atoms with Gasteiger partial charge in [-0.15, -0.1) is 0 Å². The first kappa shape index (κ1) is 16.5. The lowest BCUT2D eigenvalue weighted by atomic mass is 10.3. The van der Waals surface area contributed by atoms with E-state index in [2.05, 4.69) is 51.9 Å². The van der Waals surface area contributed by atoms with E-state index >= 15 is 0 Å². The van der Waals surface area contributed by atoms with Gasteiger partial charge in [-0.05, 0) is 42.9 Å². The number of nitrogens with zero attached hydrogens (tertiary/aromatic N) is 3. The highest BCUT2D eigenvalue weighted by Crippen LogP contribution is 2.19. The summed E-state index contributed by atoms with van der Waals surface area (Å²) < 4.78 is 2.94. The van der Waals surface area contributed by atoms with Gasteiger partial charge in [0.15, 0.2) is 0 Å². The number of amides is 1. The first-order chi connectivity index (χ1) is 9.97.